The van der Waals surface area contributed by atoms with Crippen molar-refractivity contribution < 1.29 is 9.53 Å². The minimum Gasteiger partial charge on any atom is -0.370 e. The second-order valence-electron chi connectivity index (χ2n) is 5.64. The van der Waals surface area contributed by atoms with E-state index in [0.717, 1.165) is 19.3 Å². The third-order valence-corrected chi connectivity index (χ3v) is 5.39. The lowest BCUT2D eigenvalue weighted by atomic mass is 9.83. The van der Waals surface area contributed by atoms with Gasteiger partial charge in [0, 0.05) is 22.8 Å². The molecule has 1 fully saturated rings. The van der Waals surface area contributed by atoms with Crippen LogP contribution >= 0.6 is 11.3 Å². The minimum atomic E-state index is -0.174. The van der Waals surface area contributed by atoms with Crippen LogP contribution in [0.15, 0.2) is 12.1 Å². The van der Waals surface area contributed by atoms with E-state index in [2.05, 4.69) is 19.1 Å². The molecule has 0 N–H and O–H groups in total. The third kappa shape index (κ3) is 4.16. The zero-order valence-electron chi connectivity index (χ0n) is 12.7. The van der Waals surface area contributed by atoms with Gasteiger partial charge in [-0.25, -0.2) is 0 Å². The molecule has 0 saturated heterocycles. The van der Waals surface area contributed by atoms with Crippen LogP contribution in [0.25, 0.3) is 0 Å². The van der Waals surface area contributed by atoms with Crippen molar-refractivity contribution in [3.8, 4) is 0 Å². The SMILES string of the molecule is CCOC(C(=O)Cc1ccc(CC)s1)C1CCCCC1. The Bertz CT molecular complexity index is 418. The highest BCUT2D eigenvalue weighted by atomic mass is 32.1. The average Bonchev–Trinajstić information content (AvgIpc) is 2.93. The van der Waals surface area contributed by atoms with Gasteiger partial charge in [-0.05, 0) is 44.2 Å². The first kappa shape index (κ1) is 15.7. The van der Waals surface area contributed by atoms with Gasteiger partial charge in [0.2, 0.25) is 0 Å². The average molecular weight is 294 g/mol. The van der Waals surface area contributed by atoms with E-state index in [0.29, 0.717) is 18.9 Å². The van der Waals surface area contributed by atoms with Crippen molar-refractivity contribution in [2.24, 2.45) is 5.92 Å². The summed E-state index contributed by atoms with van der Waals surface area (Å²) in [7, 11) is 0. The molecular formula is C17H26O2S. The Kier molecular flexibility index (Phi) is 6.24. The topological polar surface area (TPSA) is 26.3 Å². The predicted octanol–water partition coefficient (Wildman–Crippen LogP) is 4.41. The number of Topliss-reactive ketones (excluding diaryl/α,β-unsaturated/α-hetero) is 1. The first-order valence-corrected chi connectivity index (χ1v) is 8.78. The van der Waals surface area contributed by atoms with E-state index in [1.807, 2.05) is 6.92 Å². The number of rotatable bonds is 7. The summed E-state index contributed by atoms with van der Waals surface area (Å²) in [5.74, 6) is 0.727. The second-order valence-corrected chi connectivity index (χ2v) is 6.89. The van der Waals surface area contributed by atoms with Crippen molar-refractivity contribution in [3.05, 3.63) is 21.9 Å². The smallest absolute Gasteiger partial charge is 0.167 e. The van der Waals surface area contributed by atoms with Gasteiger partial charge in [0.25, 0.3) is 0 Å². The highest BCUT2D eigenvalue weighted by Gasteiger charge is 2.29. The van der Waals surface area contributed by atoms with E-state index >= 15 is 0 Å². The van der Waals surface area contributed by atoms with Crippen molar-refractivity contribution in [2.45, 2.75) is 64.9 Å². The summed E-state index contributed by atoms with van der Waals surface area (Å²) in [6, 6.07) is 4.24. The lowest BCUT2D eigenvalue weighted by molar-refractivity contribution is -0.134. The Labute approximate surface area is 126 Å². The van der Waals surface area contributed by atoms with Gasteiger partial charge in [0.05, 0.1) is 0 Å². The molecule has 3 heteroatoms. The predicted molar refractivity (Wildman–Crippen MR) is 84.4 cm³/mol. The van der Waals surface area contributed by atoms with Gasteiger partial charge in [-0.1, -0.05) is 26.2 Å². The zero-order chi connectivity index (χ0) is 14.4. The Morgan fingerprint density at radius 3 is 2.55 bits per heavy atom. The van der Waals surface area contributed by atoms with Crippen LogP contribution in [0.2, 0.25) is 0 Å². The van der Waals surface area contributed by atoms with E-state index in [4.69, 9.17) is 4.74 Å². The van der Waals surface area contributed by atoms with E-state index in [1.54, 1.807) is 11.3 Å². The zero-order valence-corrected chi connectivity index (χ0v) is 13.5. The van der Waals surface area contributed by atoms with Gasteiger partial charge in [-0.2, -0.15) is 0 Å². The Morgan fingerprint density at radius 1 is 1.25 bits per heavy atom. The number of ether oxygens (including phenoxy) is 1. The van der Waals surface area contributed by atoms with Gasteiger partial charge < -0.3 is 4.74 Å². The molecule has 1 aromatic heterocycles. The van der Waals surface area contributed by atoms with Crippen LogP contribution in [0.1, 0.15) is 55.7 Å². The Balaban J connectivity index is 1.98. The third-order valence-electron chi connectivity index (χ3n) is 4.16. The summed E-state index contributed by atoms with van der Waals surface area (Å²) >= 11 is 1.77. The fourth-order valence-corrected chi connectivity index (χ4v) is 4.06. The fraction of sp³-hybridized carbons (Fsp3) is 0.706. The number of thiophene rings is 1. The van der Waals surface area contributed by atoms with E-state index in [9.17, 15) is 4.79 Å². The van der Waals surface area contributed by atoms with E-state index in [-0.39, 0.29) is 11.9 Å². The molecular weight excluding hydrogens is 268 g/mol. The lowest BCUT2D eigenvalue weighted by Gasteiger charge is -2.29. The number of hydrogen-bond donors (Lipinski definition) is 0. The molecule has 1 aromatic rings. The lowest BCUT2D eigenvalue weighted by Crippen LogP contribution is -2.35. The molecule has 1 heterocycles. The van der Waals surface area contributed by atoms with E-state index in [1.165, 1.54) is 29.0 Å². The summed E-state index contributed by atoms with van der Waals surface area (Å²) in [5.41, 5.74) is 0. The molecule has 1 aliphatic rings. The van der Waals surface area contributed by atoms with Crippen molar-refractivity contribution in [1.29, 1.82) is 0 Å². The summed E-state index contributed by atoms with van der Waals surface area (Å²) in [5, 5.41) is 0. The molecule has 2 rings (SSSR count). The maximum atomic E-state index is 12.6. The highest BCUT2D eigenvalue weighted by molar-refractivity contribution is 7.12. The number of hydrogen-bond acceptors (Lipinski definition) is 3. The molecule has 1 aliphatic carbocycles. The van der Waals surface area contributed by atoms with Gasteiger partial charge in [0.15, 0.2) is 5.78 Å². The van der Waals surface area contributed by atoms with Gasteiger partial charge >= 0.3 is 0 Å². The molecule has 1 atom stereocenters. The molecule has 0 aromatic carbocycles. The first-order chi connectivity index (χ1) is 9.74. The van der Waals surface area contributed by atoms with Crippen LogP contribution in [0, 0.1) is 5.92 Å². The monoisotopic (exact) mass is 294 g/mol. The van der Waals surface area contributed by atoms with Gasteiger partial charge in [0.1, 0.15) is 6.10 Å². The van der Waals surface area contributed by atoms with Crippen LogP contribution in [0.5, 0.6) is 0 Å². The number of aryl methyl sites for hydroxylation is 1. The van der Waals surface area contributed by atoms with Crippen molar-refractivity contribution in [3.63, 3.8) is 0 Å². The molecule has 20 heavy (non-hydrogen) atoms. The fourth-order valence-electron chi connectivity index (χ4n) is 3.09. The molecule has 0 bridgehead atoms. The number of carbonyl (C=O) groups excluding carboxylic acids is 1. The summed E-state index contributed by atoms with van der Waals surface area (Å²) in [6.07, 6.45) is 7.55. The van der Waals surface area contributed by atoms with E-state index < -0.39 is 0 Å². The van der Waals surface area contributed by atoms with Crippen LogP contribution < -0.4 is 0 Å². The molecule has 1 unspecified atom stereocenters. The largest absolute Gasteiger partial charge is 0.370 e. The summed E-state index contributed by atoms with van der Waals surface area (Å²) in [4.78, 5) is 15.1. The highest BCUT2D eigenvalue weighted by Crippen LogP contribution is 2.29. The molecule has 0 amide bonds. The molecule has 1 saturated carbocycles. The van der Waals surface area contributed by atoms with Crippen molar-refractivity contribution >= 4 is 17.1 Å². The summed E-state index contributed by atoms with van der Waals surface area (Å²) in [6.45, 7) is 4.78. The quantitative estimate of drug-likeness (QED) is 0.744. The Morgan fingerprint density at radius 2 is 1.95 bits per heavy atom. The minimum absolute atomic E-state index is 0.174. The summed E-state index contributed by atoms with van der Waals surface area (Å²) < 4.78 is 5.80. The van der Waals surface area contributed by atoms with Crippen LogP contribution in [0.3, 0.4) is 0 Å². The molecule has 0 radical (unpaired) electrons. The van der Waals surface area contributed by atoms with Crippen LogP contribution in [-0.2, 0) is 22.4 Å². The maximum Gasteiger partial charge on any atom is 0.167 e. The van der Waals surface area contributed by atoms with Gasteiger partial charge in [-0.3, -0.25) is 4.79 Å². The number of ketones is 1. The van der Waals surface area contributed by atoms with Crippen molar-refractivity contribution in [1.82, 2.24) is 0 Å². The molecule has 2 nitrogen and oxygen atoms in total. The molecule has 0 aliphatic heterocycles. The first-order valence-electron chi connectivity index (χ1n) is 7.96. The van der Waals surface area contributed by atoms with Gasteiger partial charge in [-0.15, -0.1) is 11.3 Å². The number of carbonyl (C=O) groups is 1. The maximum absolute atomic E-state index is 12.6. The normalized spacial score (nSPS) is 18.1. The standard InChI is InChI=1S/C17H26O2S/c1-3-14-10-11-15(20-14)12-16(18)17(19-4-2)13-8-6-5-7-9-13/h10-11,13,17H,3-9,12H2,1-2H3. The Hall–Kier alpha value is -0.670. The van der Waals surface area contributed by atoms with Crippen LogP contribution in [0.4, 0.5) is 0 Å². The van der Waals surface area contributed by atoms with Crippen molar-refractivity contribution in [2.75, 3.05) is 6.61 Å². The molecule has 0 spiro atoms. The molecule has 112 valence electrons. The second kappa shape index (κ2) is 7.94. The van der Waals surface area contributed by atoms with Crippen LogP contribution in [-0.4, -0.2) is 18.5 Å².